The summed E-state index contributed by atoms with van der Waals surface area (Å²) < 4.78 is 10.7. The first-order chi connectivity index (χ1) is 9.56. The number of carbonyl (C=O) groups excluding carboxylic acids is 1. The van der Waals surface area contributed by atoms with Crippen molar-refractivity contribution in [2.75, 3.05) is 6.79 Å². The maximum Gasteiger partial charge on any atom is 0.256 e. The molecular weight excluding hydrogens is 276 g/mol. The van der Waals surface area contributed by atoms with Gasteiger partial charge < -0.3 is 20.1 Å². The molecule has 20 heavy (non-hydrogen) atoms. The highest BCUT2D eigenvalue weighted by Crippen LogP contribution is 2.46. The Hall–Kier alpha value is -1.82. The summed E-state index contributed by atoms with van der Waals surface area (Å²) in [5.74, 6) is 1.12. The van der Waals surface area contributed by atoms with Gasteiger partial charge in [0.25, 0.3) is 5.91 Å². The number of carbonyl (C=O) groups is 1. The van der Waals surface area contributed by atoms with Crippen molar-refractivity contribution in [1.29, 1.82) is 0 Å². The van der Waals surface area contributed by atoms with Crippen LogP contribution in [0.3, 0.4) is 0 Å². The summed E-state index contributed by atoms with van der Waals surface area (Å²) in [4.78, 5) is 14.1. The standard InChI is InChI=1S/C14H16N2O3S/c1-8(2)16-6-12(13(15)17)20-14(16)9-3-4-10-11(5-9)19-7-18-10/h3-6,8,14H,7H2,1-2H3,(H2,15,17). The first-order valence-electron chi connectivity index (χ1n) is 6.41. The minimum absolute atomic E-state index is 0.0343. The molecule has 1 aromatic carbocycles. The van der Waals surface area contributed by atoms with Crippen molar-refractivity contribution in [3.05, 3.63) is 34.9 Å². The van der Waals surface area contributed by atoms with Crippen LogP contribution in [0.15, 0.2) is 29.3 Å². The zero-order valence-corrected chi connectivity index (χ0v) is 12.1. The molecule has 0 bridgehead atoms. The highest BCUT2D eigenvalue weighted by molar-refractivity contribution is 8.04. The molecule has 106 valence electrons. The number of rotatable bonds is 3. The summed E-state index contributed by atoms with van der Waals surface area (Å²) >= 11 is 1.47. The Balaban J connectivity index is 1.91. The average Bonchev–Trinajstić information content (AvgIpc) is 3.04. The highest BCUT2D eigenvalue weighted by Gasteiger charge is 2.31. The van der Waals surface area contributed by atoms with Crippen molar-refractivity contribution in [2.45, 2.75) is 25.3 Å². The van der Waals surface area contributed by atoms with Gasteiger partial charge in [-0.2, -0.15) is 0 Å². The van der Waals surface area contributed by atoms with Gasteiger partial charge in [0.2, 0.25) is 6.79 Å². The van der Waals surface area contributed by atoms with Crippen molar-refractivity contribution in [3.8, 4) is 11.5 Å². The topological polar surface area (TPSA) is 64.8 Å². The first-order valence-corrected chi connectivity index (χ1v) is 7.29. The van der Waals surface area contributed by atoms with Crippen molar-refractivity contribution in [2.24, 2.45) is 5.73 Å². The van der Waals surface area contributed by atoms with Gasteiger partial charge in [0.05, 0.1) is 4.91 Å². The fourth-order valence-electron chi connectivity index (χ4n) is 2.26. The first kappa shape index (κ1) is 13.2. The molecule has 0 fully saturated rings. The zero-order valence-electron chi connectivity index (χ0n) is 11.3. The van der Waals surface area contributed by atoms with Gasteiger partial charge in [0, 0.05) is 12.2 Å². The number of amides is 1. The minimum atomic E-state index is -0.385. The Morgan fingerprint density at radius 3 is 2.85 bits per heavy atom. The summed E-state index contributed by atoms with van der Waals surface area (Å²) in [6.07, 6.45) is 1.84. The normalized spacial score (nSPS) is 20.4. The van der Waals surface area contributed by atoms with Crippen LogP contribution in [-0.4, -0.2) is 23.6 Å². The van der Waals surface area contributed by atoms with Gasteiger partial charge in [-0.05, 0) is 31.5 Å². The quantitative estimate of drug-likeness (QED) is 0.925. The molecule has 5 nitrogen and oxygen atoms in total. The maximum atomic E-state index is 11.4. The number of hydrogen-bond donors (Lipinski definition) is 1. The van der Waals surface area contributed by atoms with Gasteiger partial charge in [0.1, 0.15) is 5.37 Å². The lowest BCUT2D eigenvalue weighted by Crippen LogP contribution is -2.25. The van der Waals surface area contributed by atoms with Gasteiger partial charge in [-0.25, -0.2) is 0 Å². The van der Waals surface area contributed by atoms with Crippen LogP contribution in [0.1, 0.15) is 24.8 Å². The molecular formula is C14H16N2O3S. The van der Waals surface area contributed by atoms with E-state index in [1.807, 2.05) is 24.4 Å². The van der Waals surface area contributed by atoms with Crippen LogP contribution in [-0.2, 0) is 4.79 Å². The predicted molar refractivity (Wildman–Crippen MR) is 77.1 cm³/mol. The van der Waals surface area contributed by atoms with Gasteiger partial charge in [-0.15, -0.1) is 0 Å². The van der Waals surface area contributed by atoms with E-state index in [1.54, 1.807) is 0 Å². The number of ether oxygens (including phenoxy) is 2. The number of thioether (sulfide) groups is 1. The molecule has 1 unspecified atom stereocenters. The van der Waals surface area contributed by atoms with E-state index < -0.39 is 0 Å². The van der Waals surface area contributed by atoms with E-state index in [0.29, 0.717) is 4.91 Å². The third-order valence-electron chi connectivity index (χ3n) is 3.30. The van der Waals surface area contributed by atoms with E-state index >= 15 is 0 Å². The maximum absolute atomic E-state index is 11.4. The van der Waals surface area contributed by atoms with Gasteiger partial charge in [-0.3, -0.25) is 4.79 Å². The third-order valence-corrected chi connectivity index (χ3v) is 4.60. The Morgan fingerprint density at radius 2 is 2.15 bits per heavy atom. The molecule has 2 N–H and O–H groups in total. The monoisotopic (exact) mass is 292 g/mol. The average molecular weight is 292 g/mol. The second-order valence-electron chi connectivity index (χ2n) is 4.98. The molecule has 0 saturated heterocycles. The Morgan fingerprint density at radius 1 is 1.40 bits per heavy atom. The Labute approximate surface area is 121 Å². The van der Waals surface area contributed by atoms with Gasteiger partial charge >= 0.3 is 0 Å². The van der Waals surface area contributed by atoms with Crippen LogP contribution in [0.25, 0.3) is 0 Å². The van der Waals surface area contributed by atoms with E-state index in [4.69, 9.17) is 15.2 Å². The largest absolute Gasteiger partial charge is 0.454 e. The molecule has 0 spiro atoms. The van der Waals surface area contributed by atoms with Crippen molar-refractivity contribution >= 4 is 17.7 Å². The lowest BCUT2D eigenvalue weighted by atomic mass is 10.1. The third kappa shape index (κ3) is 2.20. The molecule has 2 heterocycles. The van der Waals surface area contributed by atoms with Crippen molar-refractivity contribution in [1.82, 2.24) is 4.90 Å². The molecule has 0 aromatic heterocycles. The summed E-state index contributed by atoms with van der Waals surface area (Å²) in [6, 6.07) is 6.14. The lowest BCUT2D eigenvalue weighted by Gasteiger charge is -2.28. The van der Waals surface area contributed by atoms with Crippen LogP contribution >= 0.6 is 11.8 Å². The molecule has 0 radical (unpaired) electrons. The number of benzene rings is 1. The zero-order chi connectivity index (χ0) is 14.3. The molecule has 1 atom stereocenters. The number of nitrogens with zero attached hydrogens (tertiary/aromatic N) is 1. The summed E-state index contributed by atoms with van der Waals surface area (Å²) in [5.41, 5.74) is 6.46. The summed E-state index contributed by atoms with van der Waals surface area (Å²) in [6.45, 7) is 4.43. The van der Waals surface area contributed by atoms with E-state index in [1.165, 1.54) is 11.8 Å². The minimum Gasteiger partial charge on any atom is -0.454 e. The second kappa shape index (κ2) is 4.94. The fraction of sp³-hybridized carbons (Fsp3) is 0.357. The van der Waals surface area contributed by atoms with Crippen LogP contribution in [0, 0.1) is 0 Å². The van der Waals surface area contributed by atoms with Crippen LogP contribution in [0.4, 0.5) is 0 Å². The number of primary amides is 1. The second-order valence-corrected chi connectivity index (χ2v) is 6.10. The number of nitrogens with two attached hydrogens (primary N) is 1. The van der Waals surface area contributed by atoms with Crippen molar-refractivity contribution in [3.63, 3.8) is 0 Å². The van der Waals surface area contributed by atoms with E-state index in [0.717, 1.165) is 17.1 Å². The Kier molecular flexibility index (Phi) is 3.25. The molecule has 0 saturated carbocycles. The fourth-order valence-corrected chi connectivity index (χ4v) is 3.51. The van der Waals surface area contributed by atoms with Gasteiger partial charge in [0.15, 0.2) is 11.5 Å². The van der Waals surface area contributed by atoms with E-state index in [-0.39, 0.29) is 24.1 Å². The lowest BCUT2D eigenvalue weighted by molar-refractivity contribution is -0.113. The van der Waals surface area contributed by atoms with E-state index in [2.05, 4.69) is 18.7 Å². The van der Waals surface area contributed by atoms with Gasteiger partial charge in [-0.1, -0.05) is 17.8 Å². The number of hydrogen-bond acceptors (Lipinski definition) is 5. The Bertz CT molecular complexity index is 586. The summed E-state index contributed by atoms with van der Waals surface area (Å²) in [5, 5.41) is 0.0343. The van der Waals surface area contributed by atoms with Crippen LogP contribution < -0.4 is 15.2 Å². The SMILES string of the molecule is CC(C)N1C=C(C(N)=O)SC1c1ccc2c(c1)OCO2. The van der Waals surface area contributed by atoms with E-state index in [9.17, 15) is 4.79 Å². The molecule has 2 aliphatic heterocycles. The molecule has 2 aliphatic rings. The highest BCUT2D eigenvalue weighted by atomic mass is 32.2. The smallest absolute Gasteiger partial charge is 0.256 e. The van der Waals surface area contributed by atoms with Crippen LogP contribution in [0.5, 0.6) is 11.5 Å². The summed E-state index contributed by atoms with van der Waals surface area (Å²) in [7, 11) is 0. The number of fused-ring (bicyclic) bond motifs is 1. The molecule has 1 aromatic rings. The molecule has 0 aliphatic carbocycles. The van der Waals surface area contributed by atoms with Crippen LogP contribution in [0.2, 0.25) is 0 Å². The molecule has 3 rings (SSSR count). The predicted octanol–water partition coefficient (Wildman–Crippen LogP) is 2.20. The molecule has 6 heteroatoms. The van der Waals surface area contributed by atoms with Crippen molar-refractivity contribution < 1.29 is 14.3 Å². The molecule has 1 amide bonds.